The highest BCUT2D eigenvalue weighted by molar-refractivity contribution is 7.12. The maximum absolute atomic E-state index is 11.7. The molecule has 0 spiro atoms. The molecule has 88 valence electrons. The van der Waals surface area contributed by atoms with Gasteiger partial charge in [0.05, 0.1) is 11.1 Å². The third-order valence-corrected chi connectivity index (χ3v) is 4.29. The predicted octanol–water partition coefficient (Wildman–Crippen LogP) is 3.19. The van der Waals surface area contributed by atoms with Crippen LogP contribution in [0.1, 0.15) is 25.7 Å². The zero-order valence-electron chi connectivity index (χ0n) is 9.56. The van der Waals surface area contributed by atoms with Crippen molar-refractivity contribution in [2.24, 2.45) is 5.10 Å². The zero-order chi connectivity index (χ0) is 12.3. The van der Waals surface area contributed by atoms with Gasteiger partial charge in [0.2, 0.25) is 0 Å². The fourth-order valence-electron chi connectivity index (χ4n) is 1.32. The molecule has 0 saturated heterocycles. The molecule has 1 amide bonds. The summed E-state index contributed by atoms with van der Waals surface area (Å²) in [4.78, 5) is 13.5. The van der Waals surface area contributed by atoms with E-state index in [2.05, 4.69) is 10.5 Å². The number of carbonyl (C=O) groups excluding carboxylic acids is 1. The second-order valence-corrected chi connectivity index (χ2v) is 5.46. The number of amides is 1. The first-order chi connectivity index (χ1) is 8.18. The molecule has 5 heteroatoms. The SMILES string of the molecule is Cc1ccsc1C=NNC(=O)c1sccc1C. The minimum atomic E-state index is -0.150. The lowest BCUT2D eigenvalue weighted by atomic mass is 10.3. The summed E-state index contributed by atoms with van der Waals surface area (Å²) in [6.45, 7) is 3.93. The minimum Gasteiger partial charge on any atom is -0.266 e. The van der Waals surface area contributed by atoms with Crippen molar-refractivity contribution in [3.63, 3.8) is 0 Å². The Morgan fingerprint density at radius 3 is 2.53 bits per heavy atom. The minimum absolute atomic E-state index is 0.150. The Morgan fingerprint density at radius 1 is 1.24 bits per heavy atom. The zero-order valence-corrected chi connectivity index (χ0v) is 11.2. The third kappa shape index (κ3) is 2.81. The lowest BCUT2D eigenvalue weighted by molar-refractivity contribution is 0.0958. The molecule has 3 nitrogen and oxygen atoms in total. The summed E-state index contributed by atoms with van der Waals surface area (Å²) < 4.78 is 0. The highest BCUT2D eigenvalue weighted by atomic mass is 32.1. The normalized spacial score (nSPS) is 10.9. The molecule has 0 aliphatic carbocycles. The number of nitrogens with one attached hydrogen (secondary N) is 1. The Balaban J connectivity index is 2.00. The van der Waals surface area contributed by atoms with E-state index in [1.807, 2.05) is 36.7 Å². The number of nitrogens with zero attached hydrogens (tertiary/aromatic N) is 1. The van der Waals surface area contributed by atoms with Crippen LogP contribution < -0.4 is 5.43 Å². The van der Waals surface area contributed by atoms with Gasteiger partial charge in [-0.15, -0.1) is 22.7 Å². The van der Waals surface area contributed by atoms with E-state index in [-0.39, 0.29) is 5.91 Å². The lowest BCUT2D eigenvalue weighted by Crippen LogP contribution is -2.17. The van der Waals surface area contributed by atoms with Gasteiger partial charge in [-0.05, 0) is 47.9 Å². The van der Waals surface area contributed by atoms with Crippen molar-refractivity contribution in [1.82, 2.24) is 5.43 Å². The predicted molar refractivity (Wildman–Crippen MR) is 73.2 cm³/mol. The number of thiophene rings is 2. The van der Waals surface area contributed by atoms with Crippen LogP contribution in [0.4, 0.5) is 0 Å². The first-order valence-corrected chi connectivity index (χ1v) is 6.86. The first-order valence-electron chi connectivity index (χ1n) is 5.10. The van der Waals surface area contributed by atoms with Gasteiger partial charge in [-0.25, -0.2) is 5.43 Å². The van der Waals surface area contributed by atoms with Crippen molar-refractivity contribution < 1.29 is 4.79 Å². The molecule has 0 aliphatic rings. The number of rotatable bonds is 3. The Hall–Kier alpha value is -1.46. The van der Waals surface area contributed by atoms with Gasteiger partial charge in [0, 0.05) is 4.88 Å². The van der Waals surface area contributed by atoms with Gasteiger partial charge in [-0.3, -0.25) is 4.79 Å². The number of hydrogen-bond donors (Lipinski definition) is 1. The molecule has 17 heavy (non-hydrogen) atoms. The molecule has 2 rings (SSSR count). The quantitative estimate of drug-likeness (QED) is 0.671. The smallest absolute Gasteiger partial charge is 0.266 e. The highest BCUT2D eigenvalue weighted by Crippen LogP contribution is 2.15. The van der Waals surface area contributed by atoms with E-state index < -0.39 is 0 Å². The third-order valence-electron chi connectivity index (χ3n) is 2.32. The van der Waals surface area contributed by atoms with E-state index >= 15 is 0 Å². The molecule has 0 aromatic carbocycles. The van der Waals surface area contributed by atoms with Crippen molar-refractivity contribution in [3.05, 3.63) is 43.8 Å². The molecular weight excluding hydrogens is 252 g/mol. The van der Waals surface area contributed by atoms with E-state index in [1.165, 1.54) is 16.9 Å². The average molecular weight is 264 g/mol. The van der Waals surface area contributed by atoms with Crippen LogP contribution in [0, 0.1) is 13.8 Å². The molecule has 1 N–H and O–H groups in total. The van der Waals surface area contributed by atoms with Gasteiger partial charge in [-0.1, -0.05) is 0 Å². The molecule has 0 bridgehead atoms. The van der Waals surface area contributed by atoms with Crippen LogP contribution in [-0.4, -0.2) is 12.1 Å². The monoisotopic (exact) mass is 264 g/mol. The summed E-state index contributed by atoms with van der Waals surface area (Å²) >= 11 is 3.03. The lowest BCUT2D eigenvalue weighted by Gasteiger charge is -1.97. The summed E-state index contributed by atoms with van der Waals surface area (Å²) in [5, 5.41) is 7.87. The summed E-state index contributed by atoms with van der Waals surface area (Å²) in [6, 6.07) is 3.95. The number of aryl methyl sites for hydroxylation is 2. The van der Waals surface area contributed by atoms with Crippen LogP contribution in [0.2, 0.25) is 0 Å². The van der Waals surface area contributed by atoms with Crippen molar-refractivity contribution in [2.45, 2.75) is 13.8 Å². The van der Waals surface area contributed by atoms with Gasteiger partial charge in [-0.2, -0.15) is 5.10 Å². The fraction of sp³-hybridized carbons (Fsp3) is 0.167. The molecule has 2 aromatic heterocycles. The summed E-state index contributed by atoms with van der Waals surface area (Å²) in [6.07, 6.45) is 1.68. The molecular formula is C12H12N2OS2. The summed E-state index contributed by atoms with van der Waals surface area (Å²) in [5.74, 6) is -0.150. The molecule has 2 aromatic rings. The summed E-state index contributed by atoms with van der Waals surface area (Å²) in [5.41, 5.74) is 4.69. The van der Waals surface area contributed by atoms with Crippen LogP contribution in [0.5, 0.6) is 0 Å². The van der Waals surface area contributed by atoms with Crippen LogP contribution >= 0.6 is 22.7 Å². The molecule has 0 radical (unpaired) electrons. The summed E-state index contributed by atoms with van der Waals surface area (Å²) in [7, 11) is 0. The van der Waals surface area contributed by atoms with Crippen molar-refractivity contribution in [2.75, 3.05) is 0 Å². The number of hydrogen-bond acceptors (Lipinski definition) is 4. The van der Waals surface area contributed by atoms with Gasteiger partial charge in [0.15, 0.2) is 0 Å². The van der Waals surface area contributed by atoms with Crippen LogP contribution in [-0.2, 0) is 0 Å². The maximum atomic E-state index is 11.7. The topological polar surface area (TPSA) is 41.5 Å². The Morgan fingerprint density at radius 2 is 1.94 bits per heavy atom. The van der Waals surface area contributed by atoms with Crippen molar-refractivity contribution in [3.8, 4) is 0 Å². The molecule has 0 unspecified atom stereocenters. The van der Waals surface area contributed by atoms with Crippen LogP contribution in [0.15, 0.2) is 28.0 Å². The fourth-order valence-corrected chi connectivity index (χ4v) is 2.92. The standard InChI is InChI=1S/C12H12N2OS2/c1-8-3-5-16-10(8)7-13-14-12(15)11-9(2)4-6-17-11/h3-7H,1-2H3,(H,14,15). The van der Waals surface area contributed by atoms with Gasteiger partial charge in [0.1, 0.15) is 0 Å². The molecule has 0 fully saturated rings. The molecule has 0 atom stereocenters. The Kier molecular flexibility index (Phi) is 3.71. The van der Waals surface area contributed by atoms with E-state index in [9.17, 15) is 4.79 Å². The Labute approximate surface area is 108 Å². The van der Waals surface area contributed by atoms with E-state index in [1.54, 1.807) is 17.6 Å². The van der Waals surface area contributed by atoms with E-state index in [0.717, 1.165) is 10.4 Å². The second-order valence-electron chi connectivity index (χ2n) is 3.60. The van der Waals surface area contributed by atoms with Gasteiger partial charge < -0.3 is 0 Å². The van der Waals surface area contributed by atoms with Crippen LogP contribution in [0.3, 0.4) is 0 Å². The van der Waals surface area contributed by atoms with Crippen molar-refractivity contribution in [1.29, 1.82) is 0 Å². The largest absolute Gasteiger partial charge is 0.281 e. The van der Waals surface area contributed by atoms with Crippen LogP contribution in [0.25, 0.3) is 0 Å². The molecule has 0 saturated carbocycles. The number of carbonyl (C=O) groups is 1. The van der Waals surface area contributed by atoms with E-state index in [4.69, 9.17) is 0 Å². The highest BCUT2D eigenvalue weighted by Gasteiger charge is 2.08. The first kappa shape index (κ1) is 12.0. The molecule has 2 heterocycles. The van der Waals surface area contributed by atoms with Gasteiger partial charge in [0.25, 0.3) is 5.91 Å². The maximum Gasteiger partial charge on any atom is 0.281 e. The average Bonchev–Trinajstić information content (AvgIpc) is 2.88. The molecule has 0 aliphatic heterocycles. The Bertz CT molecular complexity index is 554. The van der Waals surface area contributed by atoms with E-state index in [0.29, 0.717) is 4.88 Å². The second kappa shape index (κ2) is 5.25. The van der Waals surface area contributed by atoms with Crippen molar-refractivity contribution >= 4 is 34.8 Å². The van der Waals surface area contributed by atoms with Gasteiger partial charge >= 0.3 is 0 Å². The number of hydrazone groups is 1.